The number of H-pyrrole nitrogens is 1. The van der Waals surface area contributed by atoms with Crippen LogP contribution < -0.4 is 0 Å². The zero-order valence-corrected chi connectivity index (χ0v) is 8.87. The second-order valence-corrected chi connectivity index (χ2v) is 4.72. The van der Waals surface area contributed by atoms with Crippen molar-refractivity contribution in [3.63, 3.8) is 0 Å². The van der Waals surface area contributed by atoms with Gasteiger partial charge in [-0.05, 0) is 24.8 Å². The number of aromatic amines is 1. The lowest BCUT2D eigenvalue weighted by atomic mass is 10.0. The Bertz CT molecular complexity index is 355. The molecule has 0 bridgehead atoms. The summed E-state index contributed by atoms with van der Waals surface area (Å²) in [7, 11) is 0. The highest BCUT2D eigenvalue weighted by Gasteiger charge is 2.28. The zero-order valence-electron chi connectivity index (χ0n) is 8.87. The van der Waals surface area contributed by atoms with Gasteiger partial charge in [-0.3, -0.25) is 10.00 Å². The lowest BCUT2D eigenvalue weighted by molar-refractivity contribution is 0.0468. The van der Waals surface area contributed by atoms with Crippen LogP contribution in [-0.4, -0.2) is 39.9 Å². The molecule has 2 heterocycles. The van der Waals surface area contributed by atoms with Crippen LogP contribution in [0.2, 0.25) is 0 Å². The molecule has 1 fully saturated rings. The summed E-state index contributed by atoms with van der Waals surface area (Å²) < 4.78 is 0. The Morgan fingerprint density at radius 3 is 3.07 bits per heavy atom. The van der Waals surface area contributed by atoms with Gasteiger partial charge in [0.25, 0.3) is 0 Å². The van der Waals surface area contributed by atoms with Crippen LogP contribution in [0.5, 0.6) is 0 Å². The van der Waals surface area contributed by atoms with E-state index in [0.717, 1.165) is 19.6 Å². The van der Waals surface area contributed by atoms with E-state index in [0.29, 0.717) is 12.5 Å². The van der Waals surface area contributed by atoms with Crippen molar-refractivity contribution in [2.24, 2.45) is 5.92 Å². The largest absolute Gasteiger partial charge is 0.396 e. The number of hydrogen-bond acceptors (Lipinski definition) is 3. The smallest absolute Gasteiger partial charge is 0.0797 e. The molecule has 15 heavy (non-hydrogen) atoms. The molecule has 0 atom stereocenters. The molecule has 3 rings (SSSR count). The van der Waals surface area contributed by atoms with Crippen molar-refractivity contribution in [2.75, 3.05) is 19.7 Å². The van der Waals surface area contributed by atoms with Crippen LogP contribution >= 0.6 is 0 Å². The van der Waals surface area contributed by atoms with Gasteiger partial charge in [-0.25, -0.2) is 0 Å². The number of likely N-dealkylation sites (tertiary alicyclic amines) is 1. The van der Waals surface area contributed by atoms with E-state index >= 15 is 0 Å². The zero-order chi connectivity index (χ0) is 10.3. The number of aromatic nitrogens is 2. The number of fused-ring (bicyclic) bond motifs is 1. The predicted octanol–water partition coefficient (Wildman–Crippen LogP) is 0.322. The molecule has 0 spiro atoms. The Labute approximate surface area is 89.3 Å². The average molecular weight is 207 g/mol. The third-order valence-electron chi connectivity index (χ3n) is 3.56. The van der Waals surface area contributed by atoms with Crippen LogP contribution in [-0.2, 0) is 19.4 Å². The molecule has 82 valence electrons. The second-order valence-electron chi connectivity index (χ2n) is 4.72. The van der Waals surface area contributed by atoms with Gasteiger partial charge in [0.1, 0.15) is 0 Å². The van der Waals surface area contributed by atoms with E-state index in [1.54, 1.807) is 0 Å². The molecule has 1 aromatic rings. The fraction of sp³-hybridized carbons (Fsp3) is 0.727. The average Bonchev–Trinajstić information content (AvgIpc) is 2.73. The summed E-state index contributed by atoms with van der Waals surface area (Å²) in [5.74, 6) is 0.497. The molecule has 1 saturated heterocycles. The Morgan fingerprint density at radius 1 is 1.40 bits per heavy atom. The van der Waals surface area contributed by atoms with Crippen LogP contribution in [0, 0.1) is 5.92 Å². The first-order valence-electron chi connectivity index (χ1n) is 5.75. The Morgan fingerprint density at radius 2 is 2.27 bits per heavy atom. The Hall–Kier alpha value is -0.870. The highest BCUT2D eigenvalue weighted by Crippen LogP contribution is 2.25. The fourth-order valence-electron chi connectivity index (χ4n) is 2.65. The molecule has 1 aromatic heterocycles. The minimum Gasteiger partial charge on any atom is -0.396 e. The topological polar surface area (TPSA) is 52.1 Å². The van der Waals surface area contributed by atoms with Gasteiger partial charge in [0.05, 0.1) is 5.69 Å². The van der Waals surface area contributed by atoms with Crippen molar-refractivity contribution in [1.82, 2.24) is 15.1 Å². The molecular weight excluding hydrogens is 190 g/mol. The van der Waals surface area contributed by atoms with Crippen molar-refractivity contribution in [1.29, 1.82) is 0 Å². The van der Waals surface area contributed by atoms with Crippen LogP contribution in [0.1, 0.15) is 23.4 Å². The number of aliphatic hydroxyl groups excluding tert-OH is 1. The lowest BCUT2D eigenvalue weighted by Crippen LogP contribution is -2.47. The van der Waals surface area contributed by atoms with Crippen LogP contribution in [0.15, 0.2) is 0 Å². The monoisotopic (exact) mass is 207 g/mol. The summed E-state index contributed by atoms with van der Waals surface area (Å²) in [6.45, 7) is 3.34. The maximum absolute atomic E-state index is 8.94. The van der Waals surface area contributed by atoms with E-state index in [9.17, 15) is 0 Å². The third-order valence-corrected chi connectivity index (χ3v) is 3.56. The normalized spacial score (nSPS) is 21.7. The Kier molecular flexibility index (Phi) is 2.25. The Balaban J connectivity index is 1.63. The van der Waals surface area contributed by atoms with Crippen LogP contribution in [0.3, 0.4) is 0 Å². The first-order chi connectivity index (χ1) is 7.36. The number of nitrogens with one attached hydrogen (secondary N) is 1. The van der Waals surface area contributed by atoms with Crippen molar-refractivity contribution in [2.45, 2.75) is 25.8 Å². The molecule has 1 aliphatic carbocycles. The SMILES string of the molecule is OCC1CN(Cc2n[nH]c3c2CCC3)C1. The summed E-state index contributed by atoms with van der Waals surface area (Å²) in [5, 5.41) is 16.5. The lowest BCUT2D eigenvalue weighted by Gasteiger charge is -2.37. The third kappa shape index (κ3) is 1.58. The molecule has 0 amide bonds. The first kappa shape index (κ1) is 9.36. The summed E-state index contributed by atoms with van der Waals surface area (Å²) >= 11 is 0. The number of aryl methyl sites for hydroxylation is 1. The molecule has 4 heteroatoms. The van der Waals surface area contributed by atoms with E-state index in [4.69, 9.17) is 5.11 Å². The van der Waals surface area contributed by atoms with Crippen molar-refractivity contribution in [3.8, 4) is 0 Å². The van der Waals surface area contributed by atoms with Gasteiger partial charge in [-0.2, -0.15) is 5.10 Å². The molecule has 1 aliphatic heterocycles. The van der Waals surface area contributed by atoms with Gasteiger partial charge in [-0.15, -0.1) is 0 Å². The standard InChI is InChI=1S/C11H17N3O/c15-7-8-4-14(5-8)6-11-9-2-1-3-10(9)12-13-11/h8,15H,1-7H2,(H,12,13). The minimum atomic E-state index is 0.329. The molecule has 4 nitrogen and oxygen atoms in total. The molecule has 2 aliphatic rings. The first-order valence-corrected chi connectivity index (χ1v) is 5.75. The maximum Gasteiger partial charge on any atom is 0.0797 e. The van der Waals surface area contributed by atoms with E-state index in [1.807, 2.05) is 0 Å². The molecule has 0 saturated carbocycles. The highest BCUT2D eigenvalue weighted by atomic mass is 16.3. The van der Waals surface area contributed by atoms with Gasteiger partial charge >= 0.3 is 0 Å². The van der Waals surface area contributed by atoms with E-state index in [1.165, 1.54) is 36.2 Å². The van der Waals surface area contributed by atoms with Gasteiger partial charge in [-0.1, -0.05) is 0 Å². The predicted molar refractivity (Wildman–Crippen MR) is 56.5 cm³/mol. The maximum atomic E-state index is 8.94. The van der Waals surface area contributed by atoms with Crippen LogP contribution in [0.25, 0.3) is 0 Å². The number of aliphatic hydroxyl groups is 1. The second kappa shape index (κ2) is 3.61. The van der Waals surface area contributed by atoms with Gasteiger partial charge in [0.2, 0.25) is 0 Å². The van der Waals surface area contributed by atoms with Crippen LogP contribution in [0.4, 0.5) is 0 Å². The molecule has 0 unspecified atom stereocenters. The number of nitrogens with zero attached hydrogens (tertiary/aromatic N) is 2. The molecule has 0 radical (unpaired) electrons. The summed E-state index contributed by atoms with van der Waals surface area (Å²) in [5.41, 5.74) is 4.05. The summed E-state index contributed by atoms with van der Waals surface area (Å²) in [6, 6.07) is 0. The van der Waals surface area contributed by atoms with E-state index in [-0.39, 0.29) is 0 Å². The van der Waals surface area contributed by atoms with E-state index in [2.05, 4.69) is 15.1 Å². The van der Waals surface area contributed by atoms with Crippen molar-refractivity contribution >= 4 is 0 Å². The molecule has 0 aromatic carbocycles. The van der Waals surface area contributed by atoms with Crippen molar-refractivity contribution < 1.29 is 5.11 Å². The highest BCUT2D eigenvalue weighted by molar-refractivity contribution is 5.29. The van der Waals surface area contributed by atoms with Gasteiger partial charge in [0.15, 0.2) is 0 Å². The number of rotatable bonds is 3. The molecular formula is C11H17N3O. The number of hydrogen-bond donors (Lipinski definition) is 2. The molecule has 2 N–H and O–H groups in total. The van der Waals surface area contributed by atoms with Crippen molar-refractivity contribution in [3.05, 3.63) is 17.0 Å². The summed E-state index contributed by atoms with van der Waals surface area (Å²) in [4.78, 5) is 2.36. The summed E-state index contributed by atoms with van der Waals surface area (Å²) in [6.07, 6.45) is 3.63. The minimum absolute atomic E-state index is 0.329. The quantitative estimate of drug-likeness (QED) is 0.750. The van der Waals surface area contributed by atoms with Gasteiger partial charge in [0, 0.05) is 37.9 Å². The van der Waals surface area contributed by atoms with Gasteiger partial charge < -0.3 is 5.11 Å². The fourth-order valence-corrected chi connectivity index (χ4v) is 2.65. The van der Waals surface area contributed by atoms with E-state index < -0.39 is 0 Å².